The third-order valence-electron chi connectivity index (χ3n) is 8.83. The van der Waals surface area contributed by atoms with Gasteiger partial charge in [-0.05, 0) is 47.4 Å². The quantitative estimate of drug-likeness (QED) is 0.0941. The fourth-order valence-corrected chi connectivity index (χ4v) is 5.84. The third kappa shape index (κ3) is 13.3. The number of nitrogens with one attached hydrogen (secondary N) is 4. The number of aliphatic hydroxyl groups is 1. The van der Waals surface area contributed by atoms with Crippen LogP contribution in [-0.2, 0) is 45.1 Å². The van der Waals surface area contributed by atoms with Gasteiger partial charge in [0.25, 0.3) is 0 Å². The predicted molar refractivity (Wildman–Crippen MR) is 205 cm³/mol. The average molecular weight is 738 g/mol. The molecule has 0 radical (unpaired) electrons. The Morgan fingerprint density at radius 3 is 1.33 bits per heavy atom. The number of pyridine rings is 1. The summed E-state index contributed by atoms with van der Waals surface area (Å²) in [5.41, 5.74) is 3.16. The predicted octanol–water partition coefficient (Wildman–Crippen LogP) is 5.10. The molecule has 12 nitrogen and oxygen atoms in total. The summed E-state index contributed by atoms with van der Waals surface area (Å²) in [5, 5.41) is 23.5. The first-order valence-electron chi connectivity index (χ1n) is 18.2. The van der Waals surface area contributed by atoms with Crippen molar-refractivity contribution in [1.82, 2.24) is 26.3 Å². The molecule has 1 aromatic heterocycles. The highest BCUT2D eigenvalue weighted by molar-refractivity contribution is 5.87. The molecule has 4 aromatic rings. The number of aromatic nitrogens is 1. The van der Waals surface area contributed by atoms with Crippen LogP contribution in [0.5, 0.6) is 0 Å². The Kier molecular flexibility index (Phi) is 16.0. The summed E-state index contributed by atoms with van der Waals surface area (Å²) in [4.78, 5) is 57.5. The Labute approximate surface area is 317 Å². The molecule has 0 saturated heterocycles. The van der Waals surface area contributed by atoms with E-state index >= 15 is 0 Å². The molecule has 286 valence electrons. The molecule has 0 aliphatic carbocycles. The van der Waals surface area contributed by atoms with Gasteiger partial charge in [-0.3, -0.25) is 14.6 Å². The lowest BCUT2D eigenvalue weighted by atomic mass is 9.91. The van der Waals surface area contributed by atoms with E-state index in [1.807, 2.05) is 91.0 Å². The van der Waals surface area contributed by atoms with E-state index in [1.165, 1.54) is 0 Å². The molecular formula is C42H51N5O7. The lowest BCUT2D eigenvalue weighted by molar-refractivity contribution is -0.126. The van der Waals surface area contributed by atoms with Gasteiger partial charge in [-0.15, -0.1) is 0 Å². The standard InChI is InChI=1S/C42H51N5O7/c1-28(2)36(46-41(51)53-26-32-19-12-7-13-20-32)39(49)44-34(23-30-15-8-5-9-16-30)38(48)35(24-31-17-10-6-11-18-31)45-40(50)37(29(3)4)47-42(52)54-27-33-21-14-22-43-25-33/h5-22,25,28-29,34-38,48H,23-24,26-27H2,1-4H3,(H,44,49)(H,45,50)(H,46,51)(H,47,52)/t34-,35-,36-,37-,38-/m0/s1. The molecule has 0 unspecified atom stereocenters. The van der Waals surface area contributed by atoms with Crippen LogP contribution in [0.25, 0.3) is 0 Å². The number of benzene rings is 3. The van der Waals surface area contributed by atoms with Crippen LogP contribution in [0, 0.1) is 11.8 Å². The fraction of sp³-hybridized carbons (Fsp3) is 0.357. The zero-order chi connectivity index (χ0) is 38.9. The Morgan fingerprint density at radius 1 is 0.556 bits per heavy atom. The minimum atomic E-state index is -1.32. The van der Waals surface area contributed by atoms with E-state index in [0.29, 0.717) is 5.56 Å². The van der Waals surface area contributed by atoms with Gasteiger partial charge in [-0.25, -0.2) is 9.59 Å². The van der Waals surface area contributed by atoms with Crippen LogP contribution >= 0.6 is 0 Å². The van der Waals surface area contributed by atoms with Gasteiger partial charge in [0.1, 0.15) is 25.3 Å². The molecule has 0 saturated carbocycles. The normalized spacial score (nSPS) is 13.8. The number of hydrogen-bond donors (Lipinski definition) is 5. The number of aliphatic hydroxyl groups excluding tert-OH is 1. The topological polar surface area (TPSA) is 168 Å². The number of nitrogens with zero attached hydrogens (tertiary/aromatic N) is 1. The Hall–Kier alpha value is -5.75. The van der Waals surface area contributed by atoms with E-state index in [1.54, 1.807) is 52.2 Å². The van der Waals surface area contributed by atoms with Crippen molar-refractivity contribution in [3.8, 4) is 0 Å². The fourth-order valence-electron chi connectivity index (χ4n) is 5.84. The number of alkyl carbamates (subject to hydrolysis) is 2. The van der Waals surface area contributed by atoms with Gasteiger partial charge in [0.05, 0.1) is 18.2 Å². The van der Waals surface area contributed by atoms with Crippen LogP contribution in [0.2, 0.25) is 0 Å². The first-order chi connectivity index (χ1) is 26.0. The van der Waals surface area contributed by atoms with Gasteiger partial charge in [0.15, 0.2) is 0 Å². The number of ether oxygens (including phenoxy) is 2. The molecule has 0 aliphatic heterocycles. The van der Waals surface area contributed by atoms with Crippen molar-refractivity contribution >= 4 is 24.0 Å². The maximum Gasteiger partial charge on any atom is 0.408 e. The van der Waals surface area contributed by atoms with Gasteiger partial charge in [-0.1, -0.05) is 125 Å². The van der Waals surface area contributed by atoms with Crippen LogP contribution in [0.15, 0.2) is 116 Å². The van der Waals surface area contributed by atoms with E-state index < -0.39 is 54.3 Å². The number of rotatable bonds is 18. The zero-order valence-corrected chi connectivity index (χ0v) is 31.2. The van der Waals surface area contributed by atoms with Gasteiger partial charge in [0, 0.05) is 18.0 Å². The summed E-state index contributed by atoms with van der Waals surface area (Å²) in [6.07, 6.45) is 0.763. The van der Waals surface area contributed by atoms with Crippen molar-refractivity contribution in [2.75, 3.05) is 0 Å². The average Bonchev–Trinajstić information content (AvgIpc) is 3.17. The number of carbonyl (C=O) groups is 4. The minimum absolute atomic E-state index is 0.0285. The van der Waals surface area contributed by atoms with Crippen LogP contribution in [0.4, 0.5) is 9.59 Å². The first-order valence-corrected chi connectivity index (χ1v) is 18.2. The van der Waals surface area contributed by atoms with Crippen LogP contribution in [0.3, 0.4) is 0 Å². The molecule has 0 bridgehead atoms. The second-order valence-corrected chi connectivity index (χ2v) is 13.8. The molecule has 0 fully saturated rings. The van der Waals surface area contributed by atoms with Crippen molar-refractivity contribution in [2.45, 2.75) is 84.0 Å². The molecule has 12 heteroatoms. The third-order valence-corrected chi connectivity index (χ3v) is 8.83. The van der Waals surface area contributed by atoms with Gasteiger partial charge < -0.3 is 35.8 Å². The van der Waals surface area contributed by atoms with E-state index in [-0.39, 0.29) is 37.9 Å². The molecule has 5 atom stereocenters. The summed E-state index contributed by atoms with van der Waals surface area (Å²) in [7, 11) is 0. The number of hydrogen-bond acceptors (Lipinski definition) is 8. The molecule has 1 heterocycles. The zero-order valence-electron chi connectivity index (χ0n) is 31.2. The van der Waals surface area contributed by atoms with Gasteiger partial charge in [0.2, 0.25) is 11.8 Å². The summed E-state index contributed by atoms with van der Waals surface area (Å²) in [6, 6.07) is 27.6. The first kappa shape index (κ1) is 41.0. The molecule has 3 aromatic carbocycles. The summed E-state index contributed by atoms with van der Waals surface area (Å²) >= 11 is 0. The lowest BCUT2D eigenvalue weighted by Gasteiger charge is -2.34. The molecule has 54 heavy (non-hydrogen) atoms. The van der Waals surface area contributed by atoms with E-state index in [0.717, 1.165) is 16.7 Å². The number of carbonyl (C=O) groups excluding carboxylic acids is 4. The molecule has 0 spiro atoms. The van der Waals surface area contributed by atoms with Crippen LogP contribution < -0.4 is 21.3 Å². The Morgan fingerprint density at radius 2 is 0.944 bits per heavy atom. The summed E-state index contributed by atoms with van der Waals surface area (Å²) in [5.74, 6) is -1.73. The summed E-state index contributed by atoms with van der Waals surface area (Å²) in [6.45, 7) is 7.17. The second kappa shape index (κ2) is 21.1. The molecule has 0 aliphatic rings. The van der Waals surface area contributed by atoms with E-state index in [2.05, 4.69) is 26.3 Å². The number of amides is 4. The Balaban J connectivity index is 1.54. The van der Waals surface area contributed by atoms with Crippen molar-refractivity contribution in [3.05, 3.63) is 138 Å². The summed E-state index contributed by atoms with van der Waals surface area (Å²) < 4.78 is 10.7. The highest BCUT2D eigenvalue weighted by Gasteiger charge is 2.35. The van der Waals surface area contributed by atoms with E-state index in [4.69, 9.17) is 9.47 Å². The second-order valence-electron chi connectivity index (χ2n) is 13.8. The largest absolute Gasteiger partial charge is 0.445 e. The van der Waals surface area contributed by atoms with E-state index in [9.17, 15) is 24.3 Å². The highest BCUT2D eigenvalue weighted by Crippen LogP contribution is 2.16. The van der Waals surface area contributed by atoms with Crippen LogP contribution in [0.1, 0.15) is 49.9 Å². The Bertz CT molecular complexity index is 1620. The minimum Gasteiger partial charge on any atom is -0.445 e. The van der Waals surface area contributed by atoms with Gasteiger partial charge >= 0.3 is 12.2 Å². The van der Waals surface area contributed by atoms with Gasteiger partial charge in [-0.2, -0.15) is 0 Å². The van der Waals surface area contributed by atoms with Crippen molar-refractivity contribution in [3.63, 3.8) is 0 Å². The maximum atomic E-state index is 13.9. The molecule has 4 rings (SSSR count). The monoisotopic (exact) mass is 737 g/mol. The molecular weight excluding hydrogens is 686 g/mol. The van der Waals surface area contributed by atoms with Crippen LogP contribution in [-0.4, -0.2) is 64.4 Å². The molecule has 4 amide bonds. The SMILES string of the molecule is CC(C)[C@H](NC(=O)OCc1ccccc1)C(=O)N[C@@H](Cc1ccccc1)[C@H](O)[C@H](Cc1ccccc1)NC(=O)[C@@H](NC(=O)OCc1cccnc1)C(C)C. The highest BCUT2D eigenvalue weighted by atomic mass is 16.6. The van der Waals surface area contributed by atoms with Crippen molar-refractivity contribution in [2.24, 2.45) is 11.8 Å². The smallest absolute Gasteiger partial charge is 0.408 e. The molecule has 5 N–H and O–H groups in total. The van der Waals surface area contributed by atoms with Crippen molar-refractivity contribution < 1.29 is 33.8 Å². The lowest BCUT2D eigenvalue weighted by Crippen LogP contribution is -2.61. The maximum absolute atomic E-state index is 13.9. The van der Waals surface area contributed by atoms with Crippen molar-refractivity contribution in [1.29, 1.82) is 0 Å².